The summed E-state index contributed by atoms with van der Waals surface area (Å²) in [6.07, 6.45) is 0.616. The summed E-state index contributed by atoms with van der Waals surface area (Å²) in [6, 6.07) is 8.57. The van der Waals surface area contributed by atoms with Gasteiger partial charge < -0.3 is 10.6 Å². The Balaban J connectivity index is 1.84. The Morgan fingerprint density at radius 1 is 1.22 bits per heavy atom. The molecule has 2 amide bonds. The number of nitrogens with zero attached hydrogens (tertiary/aromatic N) is 2. The second-order valence-electron chi connectivity index (χ2n) is 5.66. The van der Waals surface area contributed by atoms with Gasteiger partial charge in [0.1, 0.15) is 6.04 Å². The molecule has 2 heterocycles. The van der Waals surface area contributed by atoms with Crippen LogP contribution in [0.3, 0.4) is 0 Å². The van der Waals surface area contributed by atoms with Gasteiger partial charge in [0.15, 0.2) is 5.82 Å². The fourth-order valence-corrected chi connectivity index (χ4v) is 2.63. The lowest BCUT2D eigenvalue weighted by Crippen LogP contribution is -2.40. The van der Waals surface area contributed by atoms with Crippen molar-refractivity contribution in [2.75, 3.05) is 6.54 Å². The molecule has 0 aliphatic carbocycles. The molecule has 1 aromatic heterocycles. The van der Waals surface area contributed by atoms with E-state index in [1.807, 2.05) is 26.0 Å². The first kappa shape index (κ1) is 15.1. The molecule has 2 N–H and O–H groups in total. The van der Waals surface area contributed by atoms with E-state index in [-0.39, 0.29) is 11.8 Å². The molecule has 0 saturated carbocycles. The number of carbonyl (C=O) groups excluding carboxylic acids is 2. The fourth-order valence-electron chi connectivity index (χ4n) is 2.63. The van der Waals surface area contributed by atoms with Crippen molar-refractivity contribution >= 4 is 11.8 Å². The van der Waals surface area contributed by atoms with E-state index in [2.05, 4.69) is 20.6 Å². The first-order valence-corrected chi connectivity index (χ1v) is 7.54. The van der Waals surface area contributed by atoms with Crippen LogP contribution in [0.25, 0.3) is 11.4 Å². The fraction of sp³-hybridized carbons (Fsp3) is 0.294. The van der Waals surface area contributed by atoms with Crippen LogP contribution >= 0.6 is 0 Å². The molecule has 23 heavy (non-hydrogen) atoms. The summed E-state index contributed by atoms with van der Waals surface area (Å²) < 4.78 is 0. The molecule has 0 spiro atoms. The SMILES string of the molecule is Cc1cc(C)nc(-c2cccc(C(=O)N[C@@H]3CCNC3=O)c2)n1. The molecule has 1 aromatic carbocycles. The Morgan fingerprint density at radius 3 is 2.61 bits per heavy atom. The third-order valence-corrected chi connectivity index (χ3v) is 3.72. The number of rotatable bonds is 3. The summed E-state index contributed by atoms with van der Waals surface area (Å²) >= 11 is 0. The number of hydrogen-bond donors (Lipinski definition) is 2. The van der Waals surface area contributed by atoms with E-state index in [9.17, 15) is 9.59 Å². The van der Waals surface area contributed by atoms with E-state index in [1.165, 1.54) is 0 Å². The van der Waals surface area contributed by atoms with Gasteiger partial charge in [0, 0.05) is 29.1 Å². The Labute approximate surface area is 134 Å². The van der Waals surface area contributed by atoms with Crippen molar-refractivity contribution in [1.29, 1.82) is 0 Å². The van der Waals surface area contributed by atoms with E-state index < -0.39 is 6.04 Å². The summed E-state index contributed by atoms with van der Waals surface area (Å²) in [4.78, 5) is 32.7. The number of amides is 2. The van der Waals surface area contributed by atoms with Crippen LogP contribution in [0, 0.1) is 13.8 Å². The molecule has 1 fully saturated rings. The molecular weight excluding hydrogens is 292 g/mol. The molecular formula is C17H18N4O2. The summed E-state index contributed by atoms with van der Waals surface area (Å²) in [6.45, 7) is 4.42. The molecule has 118 valence electrons. The van der Waals surface area contributed by atoms with E-state index in [0.29, 0.717) is 24.4 Å². The van der Waals surface area contributed by atoms with Crippen molar-refractivity contribution < 1.29 is 9.59 Å². The Kier molecular flexibility index (Phi) is 4.06. The smallest absolute Gasteiger partial charge is 0.251 e. The molecule has 3 rings (SSSR count). The number of carbonyl (C=O) groups is 2. The molecule has 6 nitrogen and oxygen atoms in total. The number of hydrogen-bond acceptors (Lipinski definition) is 4. The van der Waals surface area contributed by atoms with Crippen molar-refractivity contribution in [3.05, 3.63) is 47.3 Å². The van der Waals surface area contributed by atoms with Crippen LogP contribution < -0.4 is 10.6 Å². The molecule has 6 heteroatoms. The monoisotopic (exact) mass is 310 g/mol. The maximum Gasteiger partial charge on any atom is 0.251 e. The van der Waals surface area contributed by atoms with Gasteiger partial charge in [-0.05, 0) is 38.5 Å². The van der Waals surface area contributed by atoms with Crippen molar-refractivity contribution in [3.63, 3.8) is 0 Å². The minimum atomic E-state index is -0.455. The molecule has 1 saturated heterocycles. The molecule has 0 radical (unpaired) electrons. The zero-order valence-electron chi connectivity index (χ0n) is 13.1. The van der Waals surface area contributed by atoms with Gasteiger partial charge in [-0.15, -0.1) is 0 Å². The summed E-state index contributed by atoms with van der Waals surface area (Å²) in [7, 11) is 0. The van der Waals surface area contributed by atoms with Crippen LogP contribution in [-0.2, 0) is 4.79 Å². The Bertz CT molecular complexity index is 753. The number of nitrogens with one attached hydrogen (secondary N) is 2. The molecule has 2 aromatic rings. The second-order valence-corrected chi connectivity index (χ2v) is 5.66. The van der Waals surface area contributed by atoms with Crippen molar-refractivity contribution in [3.8, 4) is 11.4 Å². The highest BCUT2D eigenvalue weighted by Crippen LogP contribution is 2.18. The topological polar surface area (TPSA) is 84.0 Å². The predicted octanol–water partition coefficient (Wildman–Crippen LogP) is 1.38. The van der Waals surface area contributed by atoms with Crippen LogP contribution in [0.1, 0.15) is 28.2 Å². The lowest BCUT2D eigenvalue weighted by atomic mass is 10.1. The third-order valence-electron chi connectivity index (χ3n) is 3.72. The van der Waals surface area contributed by atoms with E-state index in [1.54, 1.807) is 18.2 Å². The highest BCUT2D eigenvalue weighted by atomic mass is 16.2. The number of aromatic nitrogens is 2. The number of aryl methyl sites for hydroxylation is 2. The van der Waals surface area contributed by atoms with Crippen LogP contribution in [0.2, 0.25) is 0 Å². The molecule has 1 aliphatic heterocycles. The summed E-state index contributed by atoms with van der Waals surface area (Å²) in [5.41, 5.74) is 3.03. The standard InChI is InChI=1S/C17H18N4O2/c1-10-8-11(2)20-15(19-10)12-4-3-5-13(9-12)16(22)21-14-6-7-18-17(14)23/h3-5,8-9,14H,6-7H2,1-2H3,(H,18,23)(H,21,22)/t14-/m1/s1. The lowest BCUT2D eigenvalue weighted by Gasteiger charge is -2.11. The zero-order chi connectivity index (χ0) is 16.4. The van der Waals surface area contributed by atoms with Gasteiger partial charge in [0.2, 0.25) is 5.91 Å². The average molecular weight is 310 g/mol. The van der Waals surface area contributed by atoms with Gasteiger partial charge in [-0.1, -0.05) is 12.1 Å². The quantitative estimate of drug-likeness (QED) is 0.897. The predicted molar refractivity (Wildman–Crippen MR) is 85.8 cm³/mol. The molecule has 1 aliphatic rings. The molecule has 1 atom stereocenters. The van der Waals surface area contributed by atoms with Crippen LogP contribution in [0.4, 0.5) is 0 Å². The van der Waals surface area contributed by atoms with Gasteiger partial charge in [-0.25, -0.2) is 9.97 Å². The lowest BCUT2D eigenvalue weighted by molar-refractivity contribution is -0.120. The Hall–Kier alpha value is -2.76. The largest absolute Gasteiger partial charge is 0.354 e. The van der Waals surface area contributed by atoms with E-state index >= 15 is 0 Å². The van der Waals surface area contributed by atoms with Crippen LogP contribution in [0.5, 0.6) is 0 Å². The van der Waals surface area contributed by atoms with Gasteiger partial charge >= 0.3 is 0 Å². The summed E-state index contributed by atoms with van der Waals surface area (Å²) in [5.74, 6) is 0.196. The van der Waals surface area contributed by atoms with Crippen molar-refractivity contribution in [2.45, 2.75) is 26.3 Å². The zero-order valence-corrected chi connectivity index (χ0v) is 13.1. The minimum Gasteiger partial charge on any atom is -0.354 e. The van der Waals surface area contributed by atoms with Crippen molar-refractivity contribution in [1.82, 2.24) is 20.6 Å². The maximum absolute atomic E-state index is 12.3. The van der Waals surface area contributed by atoms with Gasteiger partial charge in [0.05, 0.1) is 0 Å². The van der Waals surface area contributed by atoms with Crippen LogP contribution in [-0.4, -0.2) is 34.4 Å². The molecule has 0 unspecified atom stereocenters. The van der Waals surface area contributed by atoms with Gasteiger partial charge in [-0.2, -0.15) is 0 Å². The third kappa shape index (κ3) is 3.36. The van der Waals surface area contributed by atoms with Crippen molar-refractivity contribution in [2.24, 2.45) is 0 Å². The highest BCUT2D eigenvalue weighted by Gasteiger charge is 2.25. The number of benzene rings is 1. The second kappa shape index (κ2) is 6.16. The average Bonchev–Trinajstić information content (AvgIpc) is 2.91. The van der Waals surface area contributed by atoms with E-state index in [4.69, 9.17) is 0 Å². The maximum atomic E-state index is 12.3. The summed E-state index contributed by atoms with van der Waals surface area (Å²) in [5, 5.41) is 5.46. The minimum absolute atomic E-state index is 0.132. The first-order chi connectivity index (χ1) is 11.0. The van der Waals surface area contributed by atoms with E-state index in [0.717, 1.165) is 17.0 Å². The van der Waals surface area contributed by atoms with Gasteiger partial charge in [-0.3, -0.25) is 9.59 Å². The Morgan fingerprint density at radius 2 is 1.96 bits per heavy atom. The highest BCUT2D eigenvalue weighted by molar-refractivity contribution is 5.98. The normalized spacial score (nSPS) is 17.0. The van der Waals surface area contributed by atoms with Crippen LogP contribution in [0.15, 0.2) is 30.3 Å². The first-order valence-electron chi connectivity index (χ1n) is 7.54. The molecule has 0 bridgehead atoms. The van der Waals surface area contributed by atoms with Gasteiger partial charge in [0.25, 0.3) is 5.91 Å².